The third-order valence-corrected chi connectivity index (χ3v) is 2.88. The Morgan fingerprint density at radius 2 is 2.21 bits per heavy atom. The van der Waals surface area contributed by atoms with Crippen molar-refractivity contribution in [1.82, 2.24) is 5.16 Å². The van der Waals surface area contributed by atoms with Crippen molar-refractivity contribution in [3.05, 3.63) is 17.0 Å². The Balaban J connectivity index is 2.41. The standard InChI is InChI=1S/C11H18N2O/c1-7-4-5-9-8(6-7)10(14-13-9)11(2,3)12/h7H,4-6,12H2,1-3H3. The van der Waals surface area contributed by atoms with Gasteiger partial charge in [0.05, 0.1) is 11.2 Å². The summed E-state index contributed by atoms with van der Waals surface area (Å²) < 4.78 is 5.36. The van der Waals surface area contributed by atoms with Crippen molar-refractivity contribution in [2.45, 2.75) is 45.6 Å². The normalized spacial score (nSPS) is 22.1. The lowest BCUT2D eigenvalue weighted by molar-refractivity contribution is 0.316. The number of aromatic nitrogens is 1. The second-order valence-corrected chi connectivity index (χ2v) is 5.01. The van der Waals surface area contributed by atoms with E-state index in [9.17, 15) is 0 Å². The van der Waals surface area contributed by atoms with Crippen LogP contribution < -0.4 is 5.73 Å². The molecule has 0 fully saturated rings. The van der Waals surface area contributed by atoms with Gasteiger partial charge in [-0.15, -0.1) is 0 Å². The third-order valence-electron chi connectivity index (χ3n) is 2.88. The first kappa shape index (κ1) is 9.71. The molecule has 0 spiro atoms. The van der Waals surface area contributed by atoms with E-state index in [0.717, 1.165) is 30.2 Å². The maximum Gasteiger partial charge on any atom is 0.159 e. The zero-order valence-electron chi connectivity index (χ0n) is 9.13. The van der Waals surface area contributed by atoms with Crippen LogP contribution in [0.3, 0.4) is 0 Å². The van der Waals surface area contributed by atoms with E-state index in [4.69, 9.17) is 10.3 Å². The molecule has 1 unspecified atom stereocenters. The fourth-order valence-corrected chi connectivity index (χ4v) is 2.09. The lowest BCUT2D eigenvalue weighted by Gasteiger charge is -2.21. The van der Waals surface area contributed by atoms with Crippen LogP contribution in [-0.2, 0) is 18.4 Å². The van der Waals surface area contributed by atoms with Crippen molar-refractivity contribution in [3.8, 4) is 0 Å². The van der Waals surface area contributed by atoms with Gasteiger partial charge in [0, 0.05) is 5.56 Å². The molecule has 0 bridgehead atoms. The molecular formula is C11H18N2O. The number of nitrogens with two attached hydrogens (primary N) is 1. The van der Waals surface area contributed by atoms with Gasteiger partial charge < -0.3 is 10.3 Å². The van der Waals surface area contributed by atoms with Gasteiger partial charge in [-0.2, -0.15) is 0 Å². The van der Waals surface area contributed by atoms with Gasteiger partial charge in [0.25, 0.3) is 0 Å². The van der Waals surface area contributed by atoms with E-state index in [2.05, 4.69) is 12.1 Å². The van der Waals surface area contributed by atoms with Gasteiger partial charge in [-0.05, 0) is 39.0 Å². The van der Waals surface area contributed by atoms with E-state index in [1.807, 2.05) is 13.8 Å². The average molecular weight is 194 g/mol. The van der Waals surface area contributed by atoms with Crippen molar-refractivity contribution in [3.63, 3.8) is 0 Å². The number of nitrogens with zero attached hydrogens (tertiary/aromatic N) is 1. The highest BCUT2D eigenvalue weighted by molar-refractivity contribution is 5.29. The predicted molar refractivity (Wildman–Crippen MR) is 54.9 cm³/mol. The Hall–Kier alpha value is -0.830. The maximum absolute atomic E-state index is 6.04. The second kappa shape index (κ2) is 3.09. The Morgan fingerprint density at radius 1 is 1.50 bits per heavy atom. The van der Waals surface area contributed by atoms with Crippen LogP contribution in [0.1, 0.15) is 44.2 Å². The topological polar surface area (TPSA) is 52.0 Å². The van der Waals surface area contributed by atoms with E-state index in [1.54, 1.807) is 0 Å². The molecule has 2 N–H and O–H groups in total. The minimum atomic E-state index is -0.405. The Labute approximate surface area is 84.7 Å². The first-order chi connectivity index (χ1) is 6.48. The van der Waals surface area contributed by atoms with Gasteiger partial charge >= 0.3 is 0 Å². The van der Waals surface area contributed by atoms with Crippen LogP contribution in [0.2, 0.25) is 0 Å². The largest absolute Gasteiger partial charge is 0.359 e. The molecule has 0 radical (unpaired) electrons. The van der Waals surface area contributed by atoms with E-state index in [0.29, 0.717) is 0 Å². The van der Waals surface area contributed by atoms with Crippen molar-refractivity contribution >= 4 is 0 Å². The van der Waals surface area contributed by atoms with Crippen molar-refractivity contribution in [1.29, 1.82) is 0 Å². The molecule has 1 atom stereocenters. The van der Waals surface area contributed by atoms with Crippen molar-refractivity contribution < 1.29 is 4.52 Å². The van der Waals surface area contributed by atoms with E-state index in [-0.39, 0.29) is 0 Å². The molecule has 3 heteroatoms. The van der Waals surface area contributed by atoms with Crippen LogP contribution >= 0.6 is 0 Å². The van der Waals surface area contributed by atoms with Crippen LogP contribution in [0.15, 0.2) is 4.52 Å². The molecule has 2 rings (SSSR count). The maximum atomic E-state index is 6.04. The molecule has 1 aromatic heterocycles. The summed E-state index contributed by atoms with van der Waals surface area (Å²) in [5.74, 6) is 1.60. The van der Waals surface area contributed by atoms with Crippen LogP contribution in [0.4, 0.5) is 0 Å². The summed E-state index contributed by atoms with van der Waals surface area (Å²) >= 11 is 0. The number of hydrogen-bond acceptors (Lipinski definition) is 3. The van der Waals surface area contributed by atoms with Gasteiger partial charge in [0.2, 0.25) is 0 Å². The summed E-state index contributed by atoms with van der Waals surface area (Å²) in [6.45, 7) is 6.20. The van der Waals surface area contributed by atoms with Gasteiger partial charge in [-0.25, -0.2) is 0 Å². The molecule has 0 amide bonds. The van der Waals surface area contributed by atoms with E-state index < -0.39 is 5.54 Å². The molecule has 0 saturated heterocycles. The molecule has 1 aliphatic carbocycles. The van der Waals surface area contributed by atoms with Gasteiger partial charge in [0.15, 0.2) is 5.76 Å². The monoisotopic (exact) mass is 194 g/mol. The van der Waals surface area contributed by atoms with Crippen LogP contribution in [-0.4, -0.2) is 5.16 Å². The highest BCUT2D eigenvalue weighted by Gasteiger charge is 2.29. The Bertz CT molecular complexity index is 336. The van der Waals surface area contributed by atoms with E-state index >= 15 is 0 Å². The highest BCUT2D eigenvalue weighted by atomic mass is 16.5. The summed E-state index contributed by atoms with van der Waals surface area (Å²) in [5.41, 5.74) is 8.01. The first-order valence-corrected chi connectivity index (χ1v) is 5.25. The van der Waals surface area contributed by atoms with Gasteiger partial charge in [-0.1, -0.05) is 12.1 Å². The fraction of sp³-hybridized carbons (Fsp3) is 0.727. The minimum Gasteiger partial charge on any atom is -0.359 e. The molecule has 3 nitrogen and oxygen atoms in total. The molecule has 0 aliphatic heterocycles. The molecular weight excluding hydrogens is 176 g/mol. The van der Waals surface area contributed by atoms with Gasteiger partial charge in [-0.3, -0.25) is 0 Å². The highest BCUT2D eigenvalue weighted by Crippen LogP contribution is 2.31. The molecule has 14 heavy (non-hydrogen) atoms. The number of fused-ring (bicyclic) bond motifs is 1. The van der Waals surface area contributed by atoms with Gasteiger partial charge in [0.1, 0.15) is 0 Å². The summed E-state index contributed by atoms with van der Waals surface area (Å²) in [4.78, 5) is 0. The second-order valence-electron chi connectivity index (χ2n) is 5.01. The average Bonchev–Trinajstić information content (AvgIpc) is 2.45. The molecule has 1 aliphatic rings. The summed E-state index contributed by atoms with van der Waals surface area (Å²) in [6, 6.07) is 0. The molecule has 1 aromatic rings. The molecule has 1 heterocycles. The SMILES string of the molecule is CC1CCc2noc(C(C)(C)N)c2C1. The van der Waals surface area contributed by atoms with Crippen molar-refractivity contribution in [2.75, 3.05) is 0 Å². The number of aryl methyl sites for hydroxylation is 1. The van der Waals surface area contributed by atoms with Crippen molar-refractivity contribution in [2.24, 2.45) is 11.7 Å². The summed E-state index contributed by atoms with van der Waals surface area (Å²) in [7, 11) is 0. The zero-order chi connectivity index (χ0) is 10.3. The smallest absolute Gasteiger partial charge is 0.159 e. The molecule has 0 aromatic carbocycles. The Kier molecular flexibility index (Phi) is 2.14. The van der Waals surface area contributed by atoms with E-state index in [1.165, 1.54) is 12.0 Å². The van der Waals surface area contributed by atoms with Crippen LogP contribution in [0.25, 0.3) is 0 Å². The number of hydrogen-bond donors (Lipinski definition) is 1. The lowest BCUT2D eigenvalue weighted by Crippen LogP contribution is -2.30. The van der Waals surface area contributed by atoms with Crippen LogP contribution in [0, 0.1) is 5.92 Å². The Morgan fingerprint density at radius 3 is 2.86 bits per heavy atom. The fourth-order valence-electron chi connectivity index (χ4n) is 2.09. The summed E-state index contributed by atoms with van der Waals surface area (Å²) in [5, 5.41) is 4.10. The third kappa shape index (κ3) is 1.57. The summed E-state index contributed by atoms with van der Waals surface area (Å²) in [6.07, 6.45) is 3.31. The zero-order valence-corrected chi connectivity index (χ0v) is 9.13. The first-order valence-electron chi connectivity index (χ1n) is 5.25. The molecule has 0 saturated carbocycles. The number of rotatable bonds is 1. The quantitative estimate of drug-likeness (QED) is 0.743. The minimum absolute atomic E-state index is 0.405. The lowest BCUT2D eigenvalue weighted by atomic mass is 9.85. The molecule has 78 valence electrons. The predicted octanol–water partition coefficient (Wildman–Crippen LogP) is 1.99. The van der Waals surface area contributed by atoms with Crippen LogP contribution in [0.5, 0.6) is 0 Å².